The van der Waals surface area contributed by atoms with Gasteiger partial charge in [-0.25, -0.2) is 9.37 Å². The molecule has 0 unspecified atom stereocenters. The normalized spacial score (nSPS) is 21.1. The number of nitrogens with zero attached hydrogens (tertiary/aromatic N) is 1. The number of pyridine rings is 1. The van der Waals surface area contributed by atoms with Crippen molar-refractivity contribution in [2.75, 3.05) is 19.3 Å². The molecule has 162 valence electrons. The lowest BCUT2D eigenvalue weighted by molar-refractivity contribution is 0.226. The molecule has 0 spiro atoms. The standard InChI is InChI=1S/C23H27FN6O/c1-4-29-22-15(11-26)7-14(10-25)21(28-3)16-8-20(23(27)30-12-16)31-13(2)19-9-17(24)5-6-18(19)22/h5-6,8-13,25-26,28-29H,4,7H2,1-3H3,(H2,27,30)/b21-14-,22-15-,25-10?,26-11?/t13-/m1/s1. The van der Waals surface area contributed by atoms with E-state index in [0.29, 0.717) is 52.4 Å². The molecule has 1 atom stereocenters. The number of rotatable bonds is 5. The molecule has 2 aromatic rings. The molecule has 0 amide bonds. The predicted octanol–water partition coefficient (Wildman–Crippen LogP) is 3.90. The van der Waals surface area contributed by atoms with Gasteiger partial charge in [0.1, 0.15) is 11.9 Å². The number of nitrogen functional groups attached to an aromatic ring is 1. The van der Waals surface area contributed by atoms with Crippen molar-refractivity contribution in [2.45, 2.75) is 26.4 Å². The first-order chi connectivity index (χ1) is 14.9. The summed E-state index contributed by atoms with van der Waals surface area (Å²) in [5.74, 6) is 0.213. The van der Waals surface area contributed by atoms with Crippen molar-refractivity contribution in [1.82, 2.24) is 15.6 Å². The van der Waals surface area contributed by atoms with Gasteiger partial charge in [0, 0.05) is 66.7 Å². The first-order valence-corrected chi connectivity index (χ1v) is 10.0. The van der Waals surface area contributed by atoms with E-state index in [1.807, 2.05) is 13.8 Å². The molecule has 1 aliphatic rings. The zero-order valence-corrected chi connectivity index (χ0v) is 17.8. The molecule has 0 fully saturated rings. The molecule has 6 N–H and O–H groups in total. The topological polar surface area (TPSA) is 120 Å². The maximum atomic E-state index is 14.2. The maximum Gasteiger partial charge on any atom is 0.166 e. The number of halogens is 1. The van der Waals surface area contributed by atoms with Crippen LogP contribution in [0.3, 0.4) is 0 Å². The van der Waals surface area contributed by atoms with Gasteiger partial charge in [-0.3, -0.25) is 0 Å². The molecule has 1 aromatic heterocycles. The molecule has 0 radical (unpaired) electrons. The number of fused-ring (bicyclic) bond motifs is 3. The van der Waals surface area contributed by atoms with Crippen molar-refractivity contribution in [2.24, 2.45) is 0 Å². The van der Waals surface area contributed by atoms with E-state index in [4.69, 9.17) is 21.3 Å². The molecule has 8 heteroatoms. The number of benzene rings is 1. The van der Waals surface area contributed by atoms with Crippen LogP contribution in [0.25, 0.3) is 11.4 Å². The monoisotopic (exact) mass is 422 g/mol. The number of hydrogen-bond acceptors (Lipinski definition) is 7. The molecule has 1 aromatic carbocycles. The summed E-state index contributed by atoms with van der Waals surface area (Å²) in [7, 11) is 1.77. The van der Waals surface area contributed by atoms with Gasteiger partial charge in [0.15, 0.2) is 11.6 Å². The highest BCUT2D eigenvalue weighted by molar-refractivity contribution is 5.96. The summed E-state index contributed by atoms with van der Waals surface area (Å²) < 4.78 is 20.3. The number of nitrogens with two attached hydrogens (primary N) is 1. The average Bonchev–Trinajstić information content (AvgIpc) is 2.76. The van der Waals surface area contributed by atoms with Gasteiger partial charge in [-0.15, -0.1) is 0 Å². The van der Waals surface area contributed by atoms with E-state index in [2.05, 4.69) is 15.6 Å². The lowest BCUT2D eigenvalue weighted by Crippen LogP contribution is -2.19. The number of anilines is 1. The van der Waals surface area contributed by atoms with E-state index < -0.39 is 6.10 Å². The third-order valence-electron chi connectivity index (χ3n) is 5.17. The molecule has 31 heavy (non-hydrogen) atoms. The lowest BCUT2D eigenvalue weighted by Gasteiger charge is -2.24. The van der Waals surface area contributed by atoms with Crippen molar-refractivity contribution in [3.63, 3.8) is 0 Å². The largest absolute Gasteiger partial charge is 0.482 e. The van der Waals surface area contributed by atoms with Crippen LogP contribution in [0.4, 0.5) is 10.2 Å². The Morgan fingerprint density at radius 2 is 1.94 bits per heavy atom. The molecule has 3 rings (SSSR count). The van der Waals surface area contributed by atoms with Gasteiger partial charge in [0.05, 0.1) is 0 Å². The lowest BCUT2D eigenvalue weighted by atomic mass is 9.93. The Morgan fingerprint density at radius 1 is 1.23 bits per heavy atom. The van der Waals surface area contributed by atoms with Crippen LogP contribution in [0.5, 0.6) is 5.75 Å². The Labute approximate surface area is 181 Å². The second kappa shape index (κ2) is 9.42. The highest BCUT2D eigenvalue weighted by atomic mass is 19.1. The fraction of sp³-hybridized carbons (Fsp3) is 0.261. The number of allylic oxidation sites excluding steroid dienone is 2. The van der Waals surface area contributed by atoms with E-state index >= 15 is 0 Å². The molecular formula is C23H27FN6O. The van der Waals surface area contributed by atoms with Gasteiger partial charge in [0.25, 0.3) is 0 Å². The Morgan fingerprint density at radius 3 is 2.58 bits per heavy atom. The quantitative estimate of drug-likeness (QED) is 0.468. The Bertz CT molecular complexity index is 1080. The van der Waals surface area contributed by atoms with Crippen molar-refractivity contribution in [3.05, 3.63) is 64.1 Å². The fourth-order valence-electron chi connectivity index (χ4n) is 3.71. The van der Waals surface area contributed by atoms with Crippen LogP contribution in [-0.2, 0) is 0 Å². The van der Waals surface area contributed by atoms with E-state index in [9.17, 15) is 4.39 Å². The van der Waals surface area contributed by atoms with Crippen LogP contribution < -0.4 is 21.1 Å². The number of nitrogens with one attached hydrogen (secondary N) is 4. The molecular weight excluding hydrogens is 395 g/mol. The van der Waals surface area contributed by atoms with Crippen molar-refractivity contribution < 1.29 is 9.13 Å². The minimum atomic E-state index is -0.533. The molecule has 2 heterocycles. The van der Waals surface area contributed by atoms with Gasteiger partial charge < -0.3 is 31.9 Å². The molecule has 1 aliphatic heterocycles. The second-order valence-electron chi connectivity index (χ2n) is 7.15. The van der Waals surface area contributed by atoms with Gasteiger partial charge in [-0.05, 0) is 49.3 Å². The summed E-state index contributed by atoms with van der Waals surface area (Å²) in [4.78, 5) is 4.25. The number of ether oxygens (including phenoxy) is 1. The second-order valence-corrected chi connectivity index (χ2v) is 7.15. The summed E-state index contributed by atoms with van der Waals surface area (Å²) in [6.07, 6.45) is 3.92. The van der Waals surface area contributed by atoms with Gasteiger partial charge >= 0.3 is 0 Å². The minimum absolute atomic E-state index is 0.222. The smallest absolute Gasteiger partial charge is 0.166 e. The third-order valence-corrected chi connectivity index (χ3v) is 5.17. The van der Waals surface area contributed by atoms with Crippen molar-refractivity contribution >= 4 is 29.6 Å². The van der Waals surface area contributed by atoms with Crippen LogP contribution in [0.2, 0.25) is 0 Å². The SMILES string of the molecule is CCN/C1=C(\C=N)C/C(C=N)=C(/NC)c2cnc(N)c(c2)O[C@H](C)c2cc(F)ccc21. The maximum absolute atomic E-state index is 14.2. The summed E-state index contributed by atoms with van der Waals surface area (Å²) in [6.45, 7) is 4.39. The summed E-state index contributed by atoms with van der Waals surface area (Å²) in [6, 6.07) is 6.26. The predicted molar refractivity (Wildman–Crippen MR) is 123 cm³/mol. The van der Waals surface area contributed by atoms with E-state index in [-0.39, 0.29) is 11.6 Å². The molecule has 0 aliphatic carbocycles. The van der Waals surface area contributed by atoms with Gasteiger partial charge in [0.2, 0.25) is 0 Å². The minimum Gasteiger partial charge on any atom is -0.482 e. The fourth-order valence-corrected chi connectivity index (χ4v) is 3.71. The molecule has 2 bridgehead atoms. The third kappa shape index (κ3) is 4.42. The van der Waals surface area contributed by atoms with Crippen LogP contribution in [0, 0.1) is 16.6 Å². The molecule has 0 saturated carbocycles. The van der Waals surface area contributed by atoms with E-state index in [1.165, 1.54) is 24.6 Å². The average molecular weight is 423 g/mol. The Hall–Kier alpha value is -3.68. The Kier molecular flexibility index (Phi) is 6.69. The summed E-state index contributed by atoms with van der Waals surface area (Å²) in [5, 5.41) is 22.5. The molecule has 7 nitrogen and oxygen atoms in total. The van der Waals surface area contributed by atoms with Gasteiger partial charge in [-0.1, -0.05) is 0 Å². The summed E-state index contributed by atoms with van der Waals surface area (Å²) in [5.41, 5.74) is 10.8. The molecule has 0 saturated heterocycles. The Balaban J connectivity index is 2.39. The summed E-state index contributed by atoms with van der Waals surface area (Å²) >= 11 is 0. The number of hydrogen-bond donors (Lipinski definition) is 5. The van der Waals surface area contributed by atoms with Crippen LogP contribution >= 0.6 is 0 Å². The van der Waals surface area contributed by atoms with Crippen LogP contribution in [0.1, 0.15) is 43.1 Å². The van der Waals surface area contributed by atoms with Gasteiger partial charge in [-0.2, -0.15) is 0 Å². The van der Waals surface area contributed by atoms with Crippen molar-refractivity contribution in [1.29, 1.82) is 10.8 Å². The van der Waals surface area contributed by atoms with E-state index in [1.54, 1.807) is 25.4 Å². The van der Waals surface area contributed by atoms with Crippen LogP contribution in [0.15, 0.2) is 41.6 Å². The zero-order valence-electron chi connectivity index (χ0n) is 17.8. The number of aromatic nitrogens is 1. The van der Waals surface area contributed by atoms with Crippen LogP contribution in [-0.4, -0.2) is 31.0 Å². The van der Waals surface area contributed by atoms with E-state index in [0.717, 1.165) is 5.56 Å². The highest BCUT2D eigenvalue weighted by Gasteiger charge is 2.22. The first-order valence-electron chi connectivity index (χ1n) is 10.0. The highest BCUT2D eigenvalue weighted by Crippen LogP contribution is 2.35. The zero-order chi connectivity index (χ0) is 22.5. The van der Waals surface area contributed by atoms with Crippen molar-refractivity contribution in [3.8, 4) is 5.75 Å². The first kappa shape index (κ1) is 22.0.